The highest BCUT2D eigenvalue weighted by Gasteiger charge is 2.56. The number of benzene rings is 1. The molecule has 18 heteroatoms. The van der Waals surface area contributed by atoms with Crippen LogP contribution < -0.4 is 9.47 Å². The van der Waals surface area contributed by atoms with Gasteiger partial charge in [0.05, 0.1) is 23.8 Å². The first-order valence-electron chi connectivity index (χ1n) is 18.0. The number of pyridine rings is 1. The maximum atomic E-state index is 15.0. The molecule has 3 aromatic rings. The lowest BCUT2D eigenvalue weighted by atomic mass is 9.72. The summed E-state index contributed by atoms with van der Waals surface area (Å²) in [4.78, 5) is 49.8. The van der Waals surface area contributed by atoms with Crippen LogP contribution in [0.4, 0.5) is 30.7 Å². The molecule has 304 valence electrons. The molecule has 0 radical (unpaired) electrons. The van der Waals surface area contributed by atoms with E-state index >= 15 is 4.79 Å². The topological polar surface area (TPSA) is 122 Å². The Balaban J connectivity index is 1.53. The van der Waals surface area contributed by atoms with Gasteiger partial charge in [0.1, 0.15) is 22.2 Å². The third-order valence-electron chi connectivity index (χ3n) is 10.1. The van der Waals surface area contributed by atoms with Crippen molar-refractivity contribution >= 4 is 35.3 Å². The molecule has 2 atom stereocenters. The number of carboxylic acid groups (broad SMARTS) is 1. The van der Waals surface area contributed by atoms with E-state index in [9.17, 15) is 40.3 Å². The fourth-order valence-corrected chi connectivity index (χ4v) is 8.29. The number of halogens is 7. The Morgan fingerprint density at radius 2 is 1.79 bits per heavy atom. The van der Waals surface area contributed by atoms with Crippen molar-refractivity contribution in [2.24, 2.45) is 4.99 Å². The van der Waals surface area contributed by atoms with E-state index in [1.807, 2.05) is 0 Å². The lowest BCUT2D eigenvalue weighted by Crippen LogP contribution is -2.68. The molecule has 2 aliphatic heterocycles. The average Bonchev–Trinajstić information content (AvgIpc) is 3.63. The molecule has 2 aliphatic rings. The van der Waals surface area contributed by atoms with Crippen molar-refractivity contribution in [1.82, 2.24) is 14.8 Å². The number of nitrogens with zero attached hydrogens (tertiary/aromatic N) is 4. The predicted molar refractivity (Wildman–Crippen MR) is 192 cm³/mol. The number of aromatic nitrogens is 1. The minimum Gasteiger partial charge on any atom is -0.493 e. The third kappa shape index (κ3) is 9.10. The molecule has 2 aromatic heterocycles. The molecule has 56 heavy (non-hydrogen) atoms. The molecule has 0 spiro atoms. The highest BCUT2D eigenvalue weighted by Crippen LogP contribution is 2.45. The predicted octanol–water partition coefficient (Wildman–Crippen LogP) is 8.05. The van der Waals surface area contributed by atoms with Crippen LogP contribution in [0.25, 0.3) is 0 Å². The number of aliphatic carboxylic acids is 1. The number of rotatable bonds is 13. The van der Waals surface area contributed by atoms with Gasteiger partial charge in [-0.3, -0.25) is 24.4 Å². The van der Waals surface area contributed by atoms with E-state index in [1.165, 1.54) is 30.1 Å². The second-order valence-corrected chi connectivity index (χ2v) is 14.7. The van der Waals surface area contributed by atoms with Crippen molar-refractivity contribution < 1.29 is 59.7 Å². The summed E-state index contributed by atoms with van der Waals surface area (Å²) in [7, 11) is 1.53. The fraction of sp³-hybridized carbons (Fsp3) is 0.500. The first-order chi connectivity index (χ1) is 26.5. The number of ether oxygens (including phenoxy) is 2. The Morgan fingerprint density at radius 1 is 1.05 bits per heavy atom. The summed E-state index contributed by atoms with van der Waals surface area (Å²) in [5.41, 5.74) is -4.52. The zero-order valence-electron chi connectivity index (χ0n) is 30.6. The molecule has 1 aromatic carbocycles. The Kier molecular flexibility index (Phi) is 13.0. The first-order valence-corrected chi connectivity index (χ1v) is 18.9. The Hall–Kier alpha value is -4.74. The Labute approximate surface area is 322 Å². The number of carboxylic acids is 1. The normalized spacial score (nSPS) is 20.3. The van der Waals surface area contributed by atoms with Crippen LogP contribution in [-0.4, -0.2) is 88.8 Å². The van der Waals surface area contributed by atoms with Crippen molar-refractivity contribution in [3.63, 3.8) is 0 Å². The number of hydrogen-bond donors (Lipinski definition) is 1. The molecule has 10 nitrogen and oxygen atoms in total. The molecule has 4 heterocycles. The quantitative estimate of drug-likeness (QED) is 0.105. The van der Waals surface area contributed by atoms with Gasteiger partial charge in [-0.05, 0) is 56.4 Å². The van der Waals surface area contributed by atoms with Crippen molar-refractivity contribution in [1.29, 1.82) is 0 Å². The third-order valence-corrected chi connectivity index (χ3v) is 11.1. The van der Waals surface area contributed by atoms with Crippen molar-refractivity contribution in [3.8, 4) is 11.5 Å². The van der Waals surface area contributed by atoms with Crippen molar-refractivity contribution in [3.05, 3.63) is 75.5 Å². The maximum Gasteiger partial charge on any atom is 0.425 e. The van der Waals surface area contributed by atoms with Crippen LogP contribution in [0.2, 0.25) is 0 Å². The standard InChI is InChI=1S/C38H41F7N4O6S/c1-3-6-30-36(55-25-20-31(56-22-25)38(43,44)45,11-5-15-49(30)33(52)26-21-47-14-10-27(26)37(40,41)42)34(53)48-16-12-35(13-17-48,23-46-2)28-19-24(39)8-9-29(28)54-18-4-7-32(50)51/h8-10,14,19-23,30H,3-7,11-13,15-18H2,1-2H3,(H,50,51)/t30-,36+/m1/s1. The highest BCUT2D eigenvalue weighted by atomic mass is 32.1. The second kappa shape index (κ2) is 17.2. The van der Waals surface area contributed by atoms with Crippen LogP contribution >= 0.6 is 11.3 Å². The summed E-state index contributed by atoms with van der Waals surface area (Å²) >= 11 is 0.353. The molecular formula is C38H41F7N4O6S. The molecular weight excluding hydrogens is 773 g/mol. The fourth-order valence-electron chi connectivity index (χ4n) is 7.62. The number of amides is 2. The summed E-state index contributed by atoms with van der Waals surface area (Å²) in [6, 6.07) is 4.16. The van der Waals surface area contributed by atoms with E-state index in [0.29, 0.717) is 35.1 Å². The second-order valence-electron chi connectivity index (χ2n) is 13.8. The molecule has 2 fully saturated rings. The molecule has 0 unspecified atom stereocenters. The number of piperidine rings is 2. The van der Waals surface area contributed by atoms with Crippen LogP contribution in [0.1, 0.15) is 84.7 Å². The summed E-state index contributed by atoms with van der Waals surface area (Å²) in [6.07, 6.45) is -5.52. The summed E-state index contributed by atoms with van der Waals surface area (Å²) < 4.78 is 110. The van der Waals surface area contributed by atoms with Gasteiger partial charge in [-0.2, -0.15) is 26.3 Å². The number of aliphatic imine (C=N–C) groups is 1. The van der Waals surface area contributed by atoms with Gasteiger partial charge in [-0.1, -0.05) is 13.3 Å². The monoisotopic (exact) mass is 814 g/mol. The van der Waals surface area contributed by atoms with E-state index in [-0.39, 0.29) is 76.9 Å². The van der Waals surface area contributed by atoms with Crippen molar-refractivity contribution in [2.45, 2.75) is 87.7 Å². The molecule has 2 saturated heterocycles. The average molecular weight is 815 g/mol. The zero-order chi connectivity index (χ0) is 40.9. The van der Waals surface area contributed by atoms with Gasteiger partial charge in [-0.25, -0.2) is 4.39 Å². The van der Waals surface area contributed by atoms with Crippen LogP contribution in [-0.2, 0) is 27.4 Å². The molecule has 5 rings (SSSR count). The lowest BCUT2D eigenvalue weighted by Gasteiger charge is -2.51. The summed E-state index contributed by atoms with van der Waals surface area (Å²) in [5.74, 6) is -3.27. The number of carbonyl (C=O) groups is 3. The minimum atomic E-state index is -4.91. The van der Waals surface area contributed by atoms with Crippen LogP contribution in [0.15, 0.2) is 53.1 Å². The molecule has 0 saturated carbocycles. The first kappa shape index (κ1) is 42.4. The Bertz CT molecular complexity index is 1910. The smallest absolute Gasteiger partial charge is 0.425 e. The van der Waals surface area contributed by atoms with E-state index in [4.69, 9.17) is 14.6 Å². The van der Waals surface area contributed by atoms with Gasteiger partial charge < -0.3 is 24.4 Å². The van der Waals surface area contributed by atoms with Crippen molar-refractivity contribution in [2.75, 3.05) is 33.3 Å². The Morgan fingerprint density at radius 3 is 2.41 bits per heavy atom. The van der Waals surface area contributed by atoms with Crippen LogP contribution in [0.5, 0.6) is 11.5 Å². The zero-order valence-corrected chi connectivity index (χ0v) is 31.4. The minimum absolute atomic E-state index is 0.00991. The van der Waals surface area contributed by atoms with E-state index in [0.717, 1.165) is 28.7 Å². The largest absolute Gasteiger partial charge is 0.493 e. The van der Waals surface area contributed by atoms with Crippen LogP contribution in [0, 0.1) is 5.82 Å². The van der Waals surface area contributed by atoms with Gasteiger partial charge in [0.25, 0.3) is 11.8 Å². The number of likely N-dealkylation sites (tertiary alicyclic amines) is 2. The number of carbonyl (C=O) groups excluding carboxylic acids is 2. The van der Waals surface area contributed by atoms with Gasteiger partial charge in [-0.15, -0.1) is 11.3 Å². The molecule has 0 bridgehead atoms. The lowest BCUT2D eigenvalue weighted by molar-refractivity contribution is -0.160. The summed E-state index contributed by atoms with van der Waals surface area (Å²) in [5, 5.41) is 10.1. The number of alkyl halides is 6. The van der Waals surface area contributed by atoms with Gasteiger partial charge in [0.15, 0.2) is 0 Å². The number of thiophene rings is 1. The number of hydrogen-bond acceptors (Lipinski definition) is 8. The van der Waals surface area contributed by atoms with Gasteiger partial charge >= 0.3 is 18.3 Å². The molecule has 1 N–H and O–H groups in total. The molecule has 2 amide bonds. The highest BCUT2D eigenvalue weighted by molar-refractivity contribution is 7.10. The van der Waals surface area contributed by atoms with Gasteiger partial charge in [0.2, 0.25) is 5.60 Å². The van der Waals surface area contributed by atoms with Crippen LogP contribution in [0.3, 0.4) is 0 Å². The van der Waals surface area contributed by atoms with E-state index in [2.05, 4.69) is 9.98 Å². The maximum absolute atomic E-state index is 15.0. The van der Waals surface area contributed by atoms with Gasteiger partial charge in [0, 0.05) is 80.6 Å². The van der Waals surface area contributed by atoms with E-state index < -0.39 is 69.0 Å². The molecule has 0 aliphatic carbocycles. The van der Waals surface area contributed by atoms with E-state index in [1.54, 1.807) is 13.1 Å². The SMILES string of the molecule is CCC[C@H]1N(C(=O)c2cnccc2C(F)(F)F)CCC[C@@]1(Oc1csc(C(F)(F)F)c1)C(=O)N1CCC(C=NC)(c2cc(F)ccc2OCCCC(=O)O)CC1. The summed E-state index contributed by atoms with van der Waals surface area (Å²) in [6.45, 7) is 1.73.